The zero-order valence-electron chi connectivity index (χ0n) is 15.7. The highest BCUT2D eigenvalue weighted by atomic mass is 19.1. The van der Waals surface area contributed by atoms with Crippen molar-refractivity contribution in [2.45, 2.75) is 51.4 Å². The molecule has 2 aliphatic rings. The molecule has 0 saturated heterocycles. The molecule has 0 bridgehead atoms. The molecule has 0 radical (unpaired) electrons. The second-order valence-corrected chi connectivity index (χ2v) is 8.44. The lowest BCUT2D eigenvalue weighted by atomic mass is 9.64. The Morgan fingerprint density at radius 3 is 2.69 bits per heavy atom. The molecule has 2 heteroatoms. The van der Waals surface area contributed by atoms with Gasteiger partial charge in [-0.1, -0.05) is 44.2 Å². The van der Waals surface area contributed by atoms with E-state index in [4.69, 9.17) is 4.74 Å². The third-order valence-corrected chi connectivity index (χ3v) is 6.62. The largest absolute Gasteiger partial charge is 0.486 e. The van der Waals surface area contributed by atoms with Crippen LogP contribution in [0.3, 0.4) is 0 Å². The highest BCUT2D eigenvalue weighted by Crippen LogP contribution is 2.47. The minimum atomic E-state index is -0.290. The highest BCUT2D eigenvalue weighted by Gasteiger charge is 2.34. The van der Waals surface area contributed by atoms with E-state index in [0.717, 1.165) is 28.5 Å². The Labute approximate surface area is 156 Å². The fourth-order valence-corrected chi connectivity index (χ4v) is 5.21. The van der Waals surface area contributed by atoms with E-state index in [-0.39, 0.29) is 5.82 Å². The number of ether oxygens (including phenoxy) is 1. The van der Waals surface area contributed by atoms with Gasteiger partial charge in [-0.15, -0.1) is 0 Å². The number of rotatable bonds is 4. The van der Waals surface area contributed by atoms with Gasteiger partial charge in [-0.05, 0) is 84.2 Å². The van der Waals surface area contributed by atoms with Crippen molar-refractivity contribution in [3.63, 3.8) is 0 Å². The summed E-state index contributed by atoms with van der Waals surface area (Å²) in [6, 6.07) is 9.99. The molecule has 0 aliphatic heterocycles. The molecule has 2 aliphatic carbocycles. The molecule has 0 heterocycles. The van der Waals surface area contributed by atoms with Gasteiger partial charge < -0.3 is 4.74 Å². The summed E-state index contributed by atoms with van der Waals surface area (Å²) in [6.07, 6.45) is 9.80. The maximum atomic E-state index is 14.3. The van der Waals surface area contributed by atoms with Crippen LogP contribution < -0.4 is 4.74 Å². The van der Waals surface area contributed by atoms with Crippen molar-refractivity contribution >= 4 is 10.8 Å². The van der Waals surface area contributed by atoms with Crippen LogP contribution >= 0.6 is 0 Å². The summed E-state index contributed by atoms with van der Waals surface area (Å²) in [6.45, 7) is 6.35. The van der Waals surface area contributed by atoms with Gasteiger partial charge in [-0.25, -0.2) is 4.39 Å². The zero-order chi connectivity index (χ0) is 18.1. The van der Waals surface area contributed by atoms with E-state index in [2.05, 4.69) is 31.7 Å². The molecular formula is C24H29FO. The molecule has 26 heavy (non-hydrogen) atoms. The Hall–Kier alpha value is -1.83. The first-order valence-corrected chi connectivity index (χ1v) is 10.1. The maximum absolute atomic E-state index is 14.3. The summed E-state index contributed by atoms with van der Waals surface area (Å²) in [5, 5.41) is 2.01. The van der Waals surface area contributed by atoms with Crippen molar-refractivity contribution in [3.8, 4) is 5.75 Å². The number of benzene rings is 2. The standard InChI is InChI=1S/C24H29FO/c1-3-10-26-24-15-21-9-8-20(13-22(21)14-23(24)25)19-7-6-17-11-16(2)4-5-18(17)12-19/h3,8-9,13-19H,1,4-7,10-12H2,2H3. The van der Waals surface area contributed by atoms with Gasteiger partial charge in [0.2, 0.25) is 0 Å². The molecule has 2 fully saturated rings. The Bertz CT molecular complexity index is 796. The van der Waals surface area contributed by atoms with Crippen LogP contribution in [0.15, 0.2) is 43.0 Å². The third kappa shape index (κ3) is 3.51. The lowest BCUT2D eigenvalue weighted by molar-refractivity contribution is 0.124. The first-order valence-electron chi connectivity index (χ1n) is 10.1. The van der Waals surface area contributed by atoms with Crippen LogP contribution in [-0.2, 0) is 0 Å². The van der Waals surface area contributed by atoms with Crippen molar-refractivity contribution in [1.82, 2.24) is 0 Å². The number of fused-ring (bicyclic) bond motifs is 2. The molecule has 138 valence electrons. The summed E-state index contributed by atoms with van der Waals surface area (Å²) in [5.41, 5.74) is 1.38. The van der Waals surface area contributed by atoms with E-state index in [0.29, 0.717) is 18.3 Å². The second-order valence-electron chi connectivity index (χ2n) is 8.44. The number of halogens is 1. The summed E-state index contributed by atoms with van der Waals surface area (Å²) in [5.74, 6) is 3.40. The molecule has 4 unspecified atom stereocenters. The van der Waals surface area contributed by atoms with Gasteiger partial charge in [0.25, 0.3) is 0 Å². The van der Waals surface area contributed by atoms with Gasteiger partial charge in [0, 0.05) is 0 Å². The predicted octanol–water partition coefficient (Wildman–Crippen LogP) is 6.86. The number of hydrogen-bond acceptors (Lipinski definition) is 1. The average molecular weight is 352 g/mol. The van der Waals surface area contributed by atoms with Crippen molar-refractivity contribution in [2.24, 2.45) is 17.8 Å². The van der Waals surface area contributed by atoms with Crippen LogP contribution in [0.4, 0.5) is 4.39 Å². The van der Waals surface area contributed by atoms with E-state index in [9.17, 15) is 4.39 Å². The van der Waals surface area contributed by atoms with Crippen molar-refractivity contribution < 1.29 is 9.13 Å². The van der Waals surface area contributed by atoms with Crippen LogP contribution in [0.1, 0.15) is 56.9 Å². The summed E-state index contributed by atoms with van der Waals surface area (Å²) in [7, 11) is 0. The van der Waals surface area contributed by atoms with E-state index < -0.39 is 0 Å². The maximum Gasteiger partial charge on any atom is 0.165 e. The fourth-order valence-electron chi connectivity index (χ4n) is 5.21. The van der Waals surface area contributed by atoms with Gasteiger partial charge >= 0.3 is 0 Å². The molecular weight excluding hydrogens is 323 g/mol. The lowest BCUT2D eigenvalue weighted by Gasteiger charge is -2.41. The molecule has 2 aromatic carbocycles. The second kappa shape index (κ2) is 7.42. The highest BCUT2D eigenvalue weighted by molar-refractivity contribution is 5.84. The molecule has 2 aromatic rings. The summed E-state index contributed by atoms with van der Waals surface area (Å²) in [4.78, 5) is 0. The normalized spacial score (nSPS) is 28.5. The quantitative estimate of drug-likeness (QED) is 0.546. The van der Waals surface area contributed by atoms with Crippen LogP contribution in [-0.4, -0.2) is 6.61 Å². The summed E-state index contributed by atoms with van der Waals surface area (Å²) >= 11 is 0. The Balaban J connectivity index is 1.55. The minimum absolute atomic E-state index is 0.290. The first kappa shape index (κ1) is 17.6. The van der Waals surface area contributed by atoms with Gasteiger partial charge in [0.05, 0.1) is 0 Å². The van der Waals surface area contributed by atoms with Gasteiger partial charge in [0.15, 0.2) is 11.6 Å². The van der Waals surface area contributed by atoms with Crippen LogP contribution in [0.5, 0.6) is 5.75 Å². The SMILES string of the molecule is C=CCOc1cc2ccc(C3CCC4CC(C)CCC4C3)cc2cc1F. The summed E-state index contributed by atoms with van der Waals surface area (Å²) < 4.78 is 19.7. The molecule has 0 aromatic heterocycles. The first-order chi connectivity index (χ1) is 12.6. The fraction of sp³-hybridized carbons (Fsp3) is 0.500. The van der Waals surface area contributed by atoms with E-state index in [1.54, 1.807) is 18.2 Å². The molecule has 2 saturated carbocycles. The predicted molar refractivity (Wildman–Crippen MR) is 106 cm³/mol. The lowest BCUT2D eigenvalue weighted by Crippen LogP contribution is -2.29. The van der Waals surface area contributed by atoms with E-state index in [1.807, 2.05) is 0 Å². The Morgan fingerprint density at radius 2 is 1.85 bits per heavy atom. The number of hydrogen-bond donors (Lipinski definition) is 0. The molecule has 1 nitrogen and oxygen atoms in total. The average Bonchev–Trinajstić information content (AvgIpc) is 2.65. The van der Waals surface area contributed by atoms with E-state index >= 15 is 0 Å². The van der Waals surface area contributed by atoms with Crippen molar-refractivity contribution in [1.29, 1.82) is 0 Å². The zero-order valence-corrected chi connectivity index (χ0v) is 15.7. The smallest absolute Gasteiger partial charge is 0.165 e. The third-order valence-electron chi connectivity index (χ3n) is 6.62. The molecule has 0 amide bonds. The van der Waals surface area contributed by atoms with Gasteiger partial charge in [-0.2, -0.15) is 0 Å². The van der Waals surface area contributed by atoms with E-state index in [1.165, 1.54) is 44.1 Å². The minimum Gasteiger partial charge on any atom is -0.486 e. The van der Waals surface area contributed by atoms with Crippen molar-refractivity contribution in [2.75, 3.05) is 6.61 Å². The Kier molecular flexibility index (Phi) is 5.02. The van der Waals surface area contributed by atoms with Gasteiger partial charge in [-0.3, -0.25) is 0 Å². The molecule has 4 atom stereocenters. The van der Waals surface area contributed by atoms with Crippen LogP contribution in [0, 0.1) is 23.6 Å². The molecule has 0 N–H and O–H groups in total. The molecule has 4 rings (SSSR count). The molecule has 0 spiro atoms. The topological polar surface area (TPSA) is 9.23 Å². The Morgan fingerprint density at radius 1 is 1.04 bits per heavy atom. The monoisotopic (exact) mass is 352 g/mol. The van der Waals surface area contributed by atoms with Crippen LogP contribution in [0.2, 0.25) is 0 Å². The van der Waals surface area contributed by atoms with Crippen LogP contribution in [0.25, 0.3) is 10.8 Å². The van der Waals surface area contributed by atoms with Crippen molar-refractivity contribution in [3.05, 3.63) is 54.4 Å². The van der Waals surface area contributed by atoms with Gasteiger partial charge in [0.1, 0.15) is 6.61 Å².